The minimum atomic E-state index is -4.56. The van der Waals surface area contributed by atoms with E-state index in [1.807, 2.05) is 13.8 Å². The number of aryl methyl sites for hydroxylation is 1. The van der Waals surface area contributed by atoms with Crippen molar-refractivity contribution in [3.63, 3.8) is 0 Å². The Bertz CT molecular complexity index is 771. The molecule has 0 saturated carbocycles. The van der Waals surface area contributed by atoms with Crippen molar-refractivity contribution < 1.29 is 27.2 Å². The van der Waals surface area contributed by atoms with Crippen LogP contribution in [0.1, 0.15) is 51.3 Å². The van der Waals surface area contributed by atoms with E-state index in [2.05, 4.69) is 5.16 Å². The Hall–Kier alpha value is -2.25. The van der Waals surface area contributed by atoms with Crippen molar-refractivity contribution in [2.24, 2.45) is 0 Å². The van der Waals surface area contributed by atoms with Crippen LogP contribution in [-0.2, 0) is 17.4 Å². The van der Waals surface area contributed by atoms with Crippen LogP contribution in [0.25, 0.3) is 11.0 Å². The number of fused-ring (bicyclic) bond motifs is 1. The van der Waals surface area contributed by atoms with Gasteiger partial charge in [0, 0.05) is 25.6 Å². The van der Waals surface area contributed by atoms with E-state index in [9.17, 15) is 18.0 Å². The summed E-state index contributed by atoms with van der Waals surface area (Å²) in [5.41, 5.74) is -0.300. The van der Waals surface area contributed by atoms with E-state index < -0.39 is 11.9 Å². The molecule has 0 saturated heterocycles. The van der Waals surface area contributed by atoms with E-state index in [0.29, 0.717) is 43.9 Å². The molecule has 0 atom stereocenters. The zero-order valence-corrected chi connectivity index (χ0v) is 15.9. The molecule has 2 rings (SSSR count). The predicted molar refractivity (Wildman–Crippen MR) is 95.7 cm³/mol. The number of aromatic nitrogens is 1. The largest absolute Gasteiger partial charge is 0.493 e. The van der Waals surface area contributed by atoms with Crippen molar-refractivity contribution in [1.82, 2.24) is 10.1 Å². The second-order valence-corrected chi connectivity index (χ2v) is 6.41. The van der Waals surface area contributed by atoms with Gasteiger partial charge in [0.2, 0.25) is 5.91 Å². The standard InChI is InChI=1S/C19H25F3N2O3/c1-4-7-14-16(26-12-6-11-24(10-5-2)13(3)25)9-8-15-17(14)27-23-18(15)19(20,21)22/h8-9H,4-7,10-12H2,1-3H3. The molecular weight excluding hydrogens is 361 g/mol. The molecule has 0 aliphatic heterocycles. The van der Waals surface area contributed by atoms with E-state index in [4.69, 9.17) is 9.26 Å². The molecule has 1 aromatic carbocycles. The van der Waals surface area contributed by atoms with Gasteiger partial charge in [-0.2, -0.15) is 13.2 Å². The fourth-order valence-corrected chi connectivity index (χ4v) is 3.00. The van der Waals surface area contributed by atoms with E-state index >= 15 is 0 Å². The molecule has 150 valence electrons. The van der Waals surface area contributed by atoms with Crippen LogP contribution in [0.3, 0.4) is 0 Å². The third-order valence-corrected chi connectivity index (χ3v) is 4.24. The van der Waals surface area contributed by atoms with Crippen LogP contribution in [-0.4, -0.2) is 35.7 Å². The number of benzene rings is 1. The molecule has 27 heavy (non-hydrogen) atoms. The first-order valence-corrected chi connectivity index (χ1v) is 9.16. The van der Waals surface area contributed by atoms with Gasteiger partial charge in [-0.1, -0.05) is 25.4 Å². The summed E-state index contributed by atoms with van der Waals surface area (Å²) < 4.78 is 49.9. The van der Waals surface area contributed by atoms with Crippen LogP contribution in [0.15, 0.2) is 16.7 Å². The van der Waals surface area contributed by atoms with Gasteiger partial charge in [-0.25, -0.2) is 0 Å². The molecule has 0 N–H and O–H groups in total. The lowest BCUT2D eigenvalue weighted by Crippen LogP contribution is -2.31. The maximum Gasteiger partial charge on any atom is 0.437 e. The average Bonchev–Trinajstić information content (AvgIpc) is 3.03. The lowest BCUT2D eigenvalue weighted by Gasteiger charge is -2.20. The van der Waals surface area contributed by atoms with Crippen LogP contribution in [0, 0.1) is 0 Å². The topological polar surface area (TPSA) is 55.6 Å². The quantitative estimate of drug-likeness (QED) is 0.580. The monoisotopic (exact) mass is 386 g/mol. The molecular formula is C19H25F3N2O3. The summed E-state index contributed by atoms with van der Waals surface area (Å²) in [6.45, 7) is 7.10. The number of nitrogens with zero attached hydrogens (tertiary/aromatic N) is 2. The summed E-state index contributed by atoms with van der Waals surface area (Å²) in [5, 5.41) is 3.16. The highest BCUT2D eigenvalue weighted by atomic mass is 19.4. The lowest BCUT2D eigenvalue weighted by atomic mass is 10.0. The fraction of sp³-hybridized carbons (Fsp3) is 0.579. The van der Waals surface area contributed by atoms with Gasteiger partial charge in [0.15, 0.2) is 11.3 Å². The highest BCUT2D eigenvalue weighted by Crippen LogP contribution is 2.38. The van der Waals surface area contributed by atoms with E-state index in [1.165, 1.54) is 19.1 Å². The van der Waals surface area contributed by atoms with Gasteiger partial charge in [-0.05, 0) is 31.4 Å². The van der Waals surface area contributed by atoms with Crippen LogP contribution in [0.5, 0.6) is 5.75 Å². The molecule has 0 aliphatic rings. The summed E-state index contributed by atoms with van der Waals surface area (Å²) >= 11 is 0. The lowest BCUT2D eigenvalue weighted by molar-refractivity contribution is -0.141. The third-order valence-electron chi connectivity index (χ3n) is 4.24. The van der Waals surface area contributed by atoms with Crippen LogP contribution < -0.4 is 4.74 Å². The van der Waals surface area contributed by atoms with E-state index in [1.54, 1.807) is 4.90 Å². The molecule has 0 fully saturated rings. The molecule has 2 aromatic rings. The number of rotatable bonds is 9. The van der Waals surface area contributed by atoms with Gasteiger partial charge in [0.25, 0.3) is 0 Å². The first-order chi connectivity index (χ1) is 12.8. The number of carbonyl (C=O) groups excluding carboxylic acids is 1. The third kappa shape index (κ3) is 5.14. The molecule has 1 heterocycles. The maximum atomic E-state index is 13.0. The van der Waals surface area contributed by atoms with Crippen molar-refractivity contribution in [1.29, 1.82) is 0 Å². The Morgan fingerprint density at radius 2 is 1.96 bits per heavy atom. The number of carbonyl (C=O) groups is 1. The molecule has 1 aromatic heterocycles. The number of hydrogen-bond acceptors (Lipinski definition) is 4. The highest BCUT2D eigenvalue weighted by Gasteiger charge is 2.37. The Morgan fingerprint density at radius 3 is 2.56 bits per heavy atom. The van der Waals surface area contributed by atoms with Gasteiger partial charge in [0.1, 0.15) is 5.75 Å². The number of alkyl halides is 3. The second-order valence-electron chi connectivity index (χ2n) is 6.41. The van der Waals surface area contributed by atoms with Crippen molar-refractivity contribution in [2.45, 2.75) is 52.6 Å². The van der Waals surface area contributed by atoms with Crippen molar-refractivity contribution in [3.05, 3.63) is 23.4 Å². The summed E-state index contributed by atoms with van der Waals surface area (Å²) in [5.74, 6) is 0.519. The van der Waals surface area contributed by atoms with Crippen molar-refractivity contribution >= 4 is 16.9 Å². The van der Waals surface area contributed by atoms with Gasteiger partial charge < -0.3 is 14.2 Å². The molecule has 1 amide bonds. The molecule has 0 radical (unpaired) electrons. The number of hydrogen-bond donors (Lipinski definition) is 0. The zero-order chi connectivity index (χ0) is 20.0. The van der Waals surface area contributed by atoms with Crippen LogP contribution >= 0.6 is 0 Å². The first kappa shape index (κ1) is 21.1. The van der Waals surface area contributed by atoms with Gasteiger partial charge in [-0.3, -0.25) is 4.79 Å². The smallest absolute Gasteiger partial charge is 0.437 e. The number of halogens is 3. The van der Waals surface area contributed by atoms with Crippen molar-refractivity contribution in [3.8, 4) is 5.75 Å². The molecule has 0 spiro atoms. The van der Waals surface area contributed by atoms with Crippen LogP contribution in [0.4, 0.5) is 13.2 Å². The van der Waals surface area contributed by atoms with Gasteiger partial charge in [-0.15, -0.1) is 0 Å². The minimum Gasteiger partial charge on any atom is -0.493 e. The van der Waals surface area contributed by atoms with Crippen LogP contribution in [0.2, 0.25) is 0 Å². The molecule has 0 aliphatic carbocycles. The van der Waals surface area contributed by atoms with Gasteiger partial charge in [0.05, 0.1) is 12.0 Å². The Labute approximate surface area is 156 Å². The average molecular weight is 386 g/mol. The number of ether oxygens (including phenoxy) is 1. The Kier molecular flexibility index (Phi) is 7.10. The summed E-state index contributed by atoms with van der Waals surface area (Å²) in [7, 11) is 0. The summed E-state index contributed by atoms with van der Waals surface area (Å²) in [6.07, 6.45) is -1.80. The molecule has 0 unspecified atom stereocenters. The zero-order valence-electron chi connectivity index (χ0n) is 15.9. The van der Waals surface area contributed by atoms with E-state index in [-0.39, 0.29) is 16.9 Å². The SMILES string of the molecule is CCCc1c(OCCCN(CCC)C(C)=O)ccc2c(C(F)(F)F)noc12. The molecule has 8 heteroatoms. The first-order valence-electron chi connectivity index (χ1n) is 9.16. The summed E-state index contributed by atoms with van der Waals surface area (Å²) in [6, 6.07) is 2.87. The second kappa shape index (κ2) is 9.10. The van der Waals surface area contributed by atoms with Gasteiger partial charge >= 0.3 is 6.18 Å². The molecule has 5 nitrogen and oxygen atoms in total. The number of amides is 1. The maximum absolute atomic E-state index is 13.0. The fourth-order valence-electron chi connectivity index (χ4n) is 3.00. The van der Waals surface area contributed by atoms with Crippen molar-refractivity contribution in [2.75, 3.05) is 19.7 Å². The normalized spacial score (nSPS) is 11.8. The predicted octanol–water partition coefficient (Wildman–Crippen LogP) is 4.83. The minimum absolute atomic E-state index is 0.0197. The highest BCUT2D eigenvalue weighted by molar-refractivity contribution is 5.85. The van der Waals surface area contributed by atoms with E-state index in [0.717, 1.165) is 12.8 Å². The molecule has 0 bridgehead atoms. The summed E-state index contributed by atoms with van der Waals surface area (Å²) in [4.78, 5) is 13.3. The Balaban J connectivity index is 2.14. The Morgan fingerprint density at radius 1 is 1.22 bits per heavy atom.